The van der Waals surface area contributed by atoms with Gasteiger partial charge >= 0.3 is 0 Å². The summed E-state index contributed by atoms with van der Waals surface area (Å²) in [5.41, 5.74) is 2.14. The van der Waals surface area contributed by atoms with Gasteiger partial charge in [0, 0.05) is 12.3 Å². The van der Waals surface area contributed by atoms with Crippen LogP contribution in [-0.4, -0.2) is 24.2 Å². The maximum atomic E-state index is 12.8. The van der Waals surface area contributed by atoms with Gasteiger partial charge in [-0.2, -0.15) is 0 Å². The van der Waals surface area contributed by atoms with Crippen molar-refractivity contribution >= 4 is 11.6 Å². The Balaban J connectivity index is 2.16. The van der Waals surface area contributed by atoms with E-state index in [-0.39, 0.29) is 12.0 Å². The van der Waals surface area contributed by atoms with Crippen molar-refractivity contribution < 1.29 is 14.3 Å². The number of carbonyl (C=O) groups is 1. The molecule has 1 aromatic carbocycles. The Hall–Kier alpha value is -1.55. The Kier molecular flexibility index (Phi) is 5.92. The zero-order valence-electron chi connectivity index (χ0n) is 15.9. The summed E-state index contributed by atoms with van der Waals surface area (Å²) >= 11 is 0. The number of benzene rings is 1. The second kappa shape index (κ2) is 7.56. The summed E-state index contributed by atoms with van der Waals surface area (Å²) in [4.78, 5) is 12.8. The maximum absolute atomic E-state index is 12.8. The second-order valence-corrected chi connectivity index (χ2v) is 7.04. The minimum atomic E-state index is -0.734. The Labute approximate surface area is 145 Å². The van der Waals surface area contributed by atoms with Crippen LogP contribution in [0.2, 0.25) is 0 Å². The van der Waals surface area contributed by atoms with Gasteiger partial charge in [0.25, 0.3) is 5.91 Å². The summed E-state index contributed by atoms with van der Waals surface area (Å²) < 4.78 is 11.8. The van der Waals surface area contributed by atoms with Gasteiger partial charge in [-0.25, -0.2) is 0 Å². The zero-order valence-corrected chi connectivity index (χ0v) is 15.9. The molecular formula is C20H31NO3. The predicted octanol–water partition coefficient (Wildman–Crippen LogP) is 4.62. The highest BCUT2D eigenvalue weighted by Crippen LogP contribution is 2.42. The van der Waals surface area contributed by atoms with Crippen molar-refractivity contribution in [1.29, 1.82) is 0 Å². The second-order valence-electron chi connectivity index (χ2n) is 7.04. The predicted molar refractivity (Wildman–Crippen MR) is 97.7 cm³/mol. The van der Waals surface area contributed by atoms with Crippen LogP contribution in [0.4, 0.5) is 5.69 Å². The molecule has 134 valence electrons. The first-order valence-corrected chi connectivity index (χ1v) is 9.05. The first kappa shape index (κ1) is 18.8. The van der Waals surface area contributed by atoms with Gasteiger partial charge in [0.05, 0.1) is 6.10 Å². The Morgan fingerprint density at radius 2 is 1.88 bits per heavy atom. The van der Waals surface area contributed by atoms with E-state index in [9.17, 15) is 4.79 Å². The average Bonchev–Trinajstić information content (AvgIpc) is 3.35. The van der Waals surface area contributed by atoms with E-state index in [1.165, 1.54) is 0 Å². The zero-order chi connectivity index (χ0) is 17.9. The monoisotopic (exact) mass is 333 g/mol. The van der Waals surface area contributed by atoms with Crippen molar-refractivity contribution in [2.24, 2.45) is 5.92 Å². The lowest BCUT2D eigenvalue weighted by Gasteiger charge is -2.28. The third kappa shape index (κ3) is 4.10. The van der Waals surface area contributed by atoms with Crippen LogP contribution in [-0.2, 0) is 9.53 Å². The van der Waals surface area contributed by atoms with Gasteiger partial charge in [-0.15, -0.1) is 0 Å². The van der Waals surface area contributed by atoms with E-state index in [2.05, 4.69) is 19.2 Å². The molecule has 1 saturated carbocycles. The fraction of sp³-hybridized carbons (Fsp3) is 0.650. The quantitative estimate of drug-likeness (QED) is 0.755. The number of nitrogens with one attached hydrogen (secondary N) is 1. The van der Waals surface area contributed by atoms with Crippen LogP contribution in [0.1, 0.15) is 58.1 Å². The van der Waals surface area contributed by atoms with Crippen molar-refractivity contribution in [3.05, 3.63) is 23.3 Å². The first-order valence-electron chi connectivity index (χ1n) is 9.05. The highest BCUT2D eigenvalue weighted by atomic mass is 16.5. The number of hydrogen-bond donors (Lipinski definition) is 1. The third-order valence-electron chi connectivity index (χ3n) is 4.86. The third-order valence-corrected chi connectivity index (χ3v) is 4.86. The minimum Gasteiger partial charge on any atom is -0.490 e. The molecule has 1 N–H and O–H groups in total. The Morgan fingerprint density at radius 1 is 1.29 bits per heavy atom. The molecule has 0 bridgehead atoms. The van der Waals surface area contributed by atoms with E-state index in [1.807, 2.05) is 39.8 Å². The molecule has 1 amide bonds. The van der Waals surface area contributed by atoms with Crippen LogP contribution in [0.15, 0.2) is 12.1 Å². The Morgan fingerprint density at radius 3 is 2.33 bits per heavy atom. The lowest BCUT2D eigenvalue weighted by atomic mass is 9.98. The summed E-state index contributed by atoms with van der Waals surface area (Å²) in [6.45, 7) is 12.6. The molecule has 1 aliphatic carbocycles. The van der Waals surface area contributed by atoms with E-state index in [0.29, 0.717) is 12.5 Å². The SMILES string of the molecule is CCOC(C)(C(=O)Nc1cc(C)c(OC(C)CC)c(C)c1)C1CC1. The number of aryl methyl sites for hydroxylation is 2. The molecule has 0 spiro atoms. The topological polar surface area (TPSA) is 47.6 Å². The summed E-state index contributed by atoms with van der Waals surface area (Å²) in [6, 6.07) is 3.95. The molecule has 1 aliphatic rings. The molecule has 24 heavy (non-hydrogen) atoms. The Bertz CT molecular complexity index is 572. The van der Waals surface area contributed by atoms with Crippen LogP contribution >= 0.6 is 0 Å². The molecule has 2 atom stereocenters. The highest BCUT2D eigenvalue weighted by Gasteiger charge is 2.48. The van der Waals surface area contributed by atoms with Crippen molar-refractivity contribution in [2.75, 3.05) is 11.9 Å². The van der Waals surface area contributed by atoms with Crippen LogP contribution < -0.4 is 10.1 Å². The van der Waals surface area contributed by atoms with Crippen molar-refractivity contribution in [1.82, 2.24) is 0 Å². The van der Waals surface area contributed by atoms with Gasteiger partial charge in [0.15, 0.2) is 0 Å². The summed E-state index contributed by atoms with van der Waals surface area (Å²) in [5.74, 6) is 1.19. The molecule has 0 aliphatic heterocycles. The molecule has 0 heterocycles. The highest BCUT2D eigenvalue weighted by molar-refractivity contribution is 5.97. The molecule has 4 heteroatoms. The molecule has 2 unspecified atom stereocenters. The summed E-state index contributed by atoms with van der Waals surface area (Å²) in [7, 11) is 0. The number of carbonyl (C=O) groups excluding carboxylic acids is 1. The largest absolute Gasteiger partial charge is 0.490 e. The van der Waals surface area contributed by atoms with Crippen LogP contribution in [0.25, 0.3) is 0 Å². The fourth-order valence-corrected chi connectivity index (χ4v) is 3.05. The average molecular weight is 333 g/mol. The van der Waals surface area contributed by atoms with Gasteiger partial charge in [-0.1, -0.05) is 6.92 Å². The maximum Gasteiger partial charge on any atom is 0.256 e. The molecule has 0 radical (unpaired) electrons. The molecule has 2 rings (SSSR count). The standard InChI is InChI=1S/C20H31NO3/c1-7-15(5)24-18-13(3)11-17(12-14(18)4)21-19(22)20(6,23-8-2)16-9-10-16/h11-12,15-16H,7-10H2,1-6H3,(H,21,22). The molecule has 1 fully saturated rings. The molecule has 0 saturated heterocycles. The van der Waals surface area contributed by atoms with Crippen LogP contribution in [0.5, 0.6) is 5.75 Å². The number of ether oxygens (including phenoxy) is 2. The smallest absolute Gasteiger partial charge is 0.256 e. The van der Waals surface area contributed by atoms with Gasteiger partial charge in [-0.05, 0) is 83.1 Å². The normalized spacial score (nSPS) is 17.9. The van der Waals surface area contributed by atoms with E-state index in [4.69, 9.17) is 9.47 Å². The van der Waals surface area contributed by atoms with Gasteiger partial charge in [-0.3, -0.25) is 4.79 Å². The van der Waals surface area contributed by atoms with Crippen molar-refractivity contribution in [3.63, 3.8) is 0 Å². The van der Waals surface area contributed by atoms with Gasteiger partial charge < -0.3 is 14.8 Å². The molecular weight excluding hydrogens is 302 g/mol. The van der Waals surface area contributed by atoms with E-state index in [1.54, 1.807) is 0 Å². The lowest BCUT2D eigenvalue weighted by molar-refractivity contribution is -0.141. The number of amides is 1. The summed E-state index contributed by atoms with van der Waals surface area (Å²) in [5, 5.41) is 3.05. The van der Waals surface area contributed by atoms with Gasteiger partial charge in [0.1, 0.15) is 11.4 Å². The molecule has 4 nitrogen and oxygen atoms in total. The molecule has 0 aromatic heterocycles. The minimum absolute atomic E-state index is 0.0544. The lowest BCUT2D eigenvalue weighted by Crippen LogP contribution is -2.44. The van der Waals surface area contributed by atoms with Crippen LogP contribution in [0, 0.1) is 19.8 Å². The number of rotatable bonds is 8. The number of anilines is 1. The fourth-order valence-electron chi connectivity index (χ4n) is 3.05. The van der Waals surface area contributed by atoms with E-state index >= 15 is 0 Å². The van der Waals surface area contributed by atoms with Crippen LogP contribution in [0.3, 0.4) is 0 Å². The summed E-state index contributed by atoms with van der Waals surface area (Å²) in [6.07, 6.45) is 3.26. The van der Waals surface area contributed by atoms with Crippen molar-refractivity contribution in [3.8, 4) is 5.75 Å². The van der Waals surface area contributed by atoms with E-state index < -0.39 is 5.60 Å². The van der Waals surface area contributed by atoms with Crippen molar-refractivity contribution in [2.45, 2.75) is 72.5 Å². The van der Waals surface area contributed by atoms with E-state index in [0.717, 1.165) is 41.8 Å². The number of hydrogen-bond acceptors (Lipinski definition) is 3. The van der Waals surface area contributed by atoms with Gasteiger partial charge in [0.2, 0.25) is 0 Å². The first-order chi connectivity index (χ1) is 11.3. The molecule has 1 aromatic rings.